The molecule has 7 heteroatoms. The van der Waals surface area contributed by atoms with E-state index in [1.807, 2.05) is 43.3 Å². The number of hydrogen-bond acceptors (Lipinski definition) is 4. The number of anilines is 1. The Kier molecular flexibility index (Phi) is 6.81. The van der Waals surface area contributed by atoms with E-state index in [9.17, 15) is 0 Å². The Morgan fingerprint density at radius 2 is 2.04 bits per heavy atom. The van der Waals surface area contributed by atoms with Gasteiger partial charge in [-0.05, 0) is 30.2 Å². The molecular weight excluding hydrogens is 324 g/mol. The molecule has 0 amide bonds. The quantitative estimate of drug-likeness (QED) is 0.476. The van der Waals surface area contributed by atoms with Crippen molar-refractivity contribution in [2.75, 3.05) is 32.6 Å². The first-order chi connectivity index (χ1) is 11.6. The summed E-state index contributed by atoms with van der Waals surface area (Å²) in [6.45, 7) is 1.37. The second-order valence-corrected chi connectivity index (χ2v) is 5.86. The van der Waals surface area contributed by atoms with E-state index in [-0.39, 0.29) is 0 Å². The van der Waals surface area contributed by atoms with Gasteiger partial charge in [-0.3, -0.25) is 4.99 Å². The van der Waals surface area contributed by atoms with Crippen LogP contribution in [0.25, 0.3) is 0 Å². The van der Waals surface area contributed by atoms with Crippen LogP contribution in [0.15, 0.2) is 41.5 Å². The molecule has 0 aliphatic heterocycles. The van der Waals surface area contributed by atoms with E-state index >= 15 is 0 Å². The van der Waals surface area contributed by atoms with Crippen molar-refractivity contribution >= 4 is 23.4 Å². The van der Waals surface area contributed by atoms with Crippen LogP contribution in [0.5, 0.6) is 0 Å². The average molecular weight is 347 g/mol. The first-order valence-corrected chi connectivity index (χ1v) is 8.14. The van der Waals surface area contributed by atoms with Gasteiger partial charge in [0.25, 0.3) is 0 Å². The van der Waals surface area contributed by atoms with Gasteiger partial charge in [-0.1, -0.05) is 23.7 Å². The zero-order chi connectivity index (χ0) is 17.4. The fourth-order valence-corrected chi connectivity index (χ4v) is 2.20. The van der Waals surface area contributed by atoms with Crippen molar-refractivity contribution in [1.29, 1.82) is 0 Å². The number of hydrogen-bond donors (Lipinski definition) is 2. The van der Waals surface area contributed by atoms with E-state index < -0.39 is 0 Å². The molecule has 0 fully saturated rings. The third-order valence-corrected chi connectivity index (χ3v) is 3.63. The molecule has 0 aromatic carbocycles. The molecule has 0 spiro atoms. The fourth-order valence-electron chi connectivity index (χ4n) is 2.09. The highest BCUT2D eigenvalue weighted by atomic mass is 35.5. The molecule has 128 valence electrons. The first-order valence-electron chi connectivity index (χ1n) is 7.76. The minimum absolute atomic E-state index is 0.511. The molecule has 0 unspecified atom stereocenters. The summed E-state index contributed by atoms with van der Waals surface area (Å²) in [5.74, 6) is 1.68. The van der Waals surface area contributed by atoms with Gasteiger partial charge < -0.3 is 15.5 Å². The highest BCUT2D eigenvalue weighted by Crippen LogP contribution is 2.07. The summed E-state index contributed by atoms with van der Waals surface area (Å²) in [5, 5.41) is 7.06. The van der Waals surface area contributed by atoms with Gasteiger partial charge in [-0.2, -0.15) is 0 Å². The lowest BCUT2D eigenvalue weighted by atomic mass is 10.2. The fraction of sp³-hybridized carbons (Fsp3) is 0.353. The average Bonchev–Trinajstić information content (AvgIpc) is 2.59. The Balaban J connectivity index is 1.80. The normalized spacial score (nSPS) is 11.2. The molecule has 2 aromatic heterocycles. The predicted molar refractivity (Wildman–Crippen MR) is 99.7 cm³/mol. The van der Waals surface area contributed by atoms with Gasteiger partial charge in [0, 0.05) is 33.9 Å². The lowest BCUT2D eigenvalue weighted by Crippen LogP contribution is -2.38. The smallest absolute Gasteiger partial charge is 0.191 e. The molecule has 2 rings (SSSR count). The van der Waals surface area contributed by atoms with Crippen molar-refractivity contribution in [2.24, 2.45) is 4.99 Å². The molecule has 2 aromatic rings. The van der Waals surface area contributed by atoms with Crippen LogP contribution in [0.1, 0.15) is 11.3 Å². The maximum Gasteiger partial charge on any atom is 0.191 e. The van der Waals surface area contributed by atoms with E-state index in [2.05, 4.69) is 25.6 Å². The van der Waals surface area contributed by atoms with Crippen molar-refractivity contribution in [1.82, 2.24) is 20.6 Å². The molecule has 2 heterocycles. The zero-order valence-electron chi connectivity index (χ0n) is 14.3. The number of pyridine rings is 2. The molecule has 0 aliphatic carbocycles. The Bertz CT molecular complexity index is 669. The van der Waals surface area contributed by atoms with Gasteiger partial charge in [-0.25, -0.2) is 9.97 Å². The standard InChI is InChI=1S/C17H23ClN6/c1-19-17(20-10-9-13-7-8-15(18)21-11-13)22-12-14-5-4-6-16(23-14)24(2)3/h4-8,11H,9-10,12H2,1-3H3,(H2,19,20,22). The maximum atomic E-state index is 5.78. The van der Waals surface area contributed by atoms with Crippen LogP contribution in [0.4, 0.5) is 5.82 Å². The Labute approximate surface area is 148 Å². The van der Waals surface area contributed by atoms with E-state index in [0.717, 1.165) is 36.0 Å². The third kappa shape index (κ3) is 5.70. The van der Waals surface area contributed by atoms with Crippen LogP contribution >= 0.6 is 11.6 Å². The molecule has 0 aliphatic rings. The summed E-state index contributed by atoms with van der Waals surface area (Å²) in [5.41, 5.74) is 2.09. The Hall–Kier alpha value is -2.34. The number of aromatic nitrogens is 2. The number of nitrogens with one attached hydrogen (secondary N) is 2. The summed E-state index contributed by atoms with van der Waals surface area (Å²) >= 11 is 5.78. The number of guanidine groups is 1. The van der Waals surface area contributed by atoms with Gasteiger partial charge in [0.1, 0.15) is 11.0 Å². The monoisotopic (exact) mass is 346 g/mol. The van der Waals surface area contributed by atoms with Crippen LogP contribution in [0, 0.1) is 0 Å². The highest BCUT2D eigenvalue weighted by molar-refractivity contribution is 6.29. The van der Waals surface area contributed by atoms with Crippen LogP contribution in [0.2, 0.25) is 5.15 Å². The van der Waals surface area contributed by atoms with Crippen molar-refractivity contribution < 1.29 is 0 Å². The first kappa shape index (κ1) is 18.0. The largest absolute Gasteiger partial charge is 0.363 e. The summed E-state index contributed by atoms with van der Waals surface area (Å²) in [6, 6.07) is 9.75. The van der Waals surface area contributed by atoms with Crippen molar-refractivity contribution in [3.63, 3.8) is 0 Å². The lowest BCUT2D eigenvalue weighted by molar-refractivity contribution is 0.781. The van der Waals surface area contributed by atoms with Crippen molar-refractivity contribution in [3.8, 4) is 0 Å². The molecular formula is C17H23ClN6. The second-order valence-electron chi connectivity index (χ2n) is 5.47. The Morgan fingerprint density at radius 1 is 1.21 bits per heavy atom. The van der Waals surface area contributed by atoms with Crippen LogP contribution in [-0.4, -0.2) is 43.6 Å². The molecule has 0 radical (unpaired) electrons. The van der Waals surface area contributed by atoms with E-state index in [4.69, 9.17) is 11.6 Å². The van der Waals surface area contributed by atoms with Crippen LogP contribution in [0.3, 0.4) is 0 Å². The van der Waals surface area contributed by atoms with E-state index in [1.165, 1.54) is 0 Å². The predicted octanol–water partition coefficient (Wildman–Crippen LogP) is 2.10. The molecule has 24 heavy (non-hydrogen) atoms. The molecule has 0 bridgehead atoms. The topological polar surface area (TPSA) is 65.4 Å². The SMILES string of the molecule is CN=C(NCCc1ccc(Cl)nc1)NCc1cccc(N(C)C)n1. The minimum Gasteiger partial charge on any atom is -0.363 e. The highest BCUT2D eigenvalue weighted by Gasteiger charge is 2.02. The molecule has 2 N–H and O–H groups in total. The number of aliphatic imine (C=N–C) groups is 1. The number of rotatable bonds is 6. The van der Waals surface area contributed by atoms with Gasteiger partial charge >= 0.3 is 0 Å². The Morgan fingerprint density at radius 3 is 2.71 bits per heavy atom. The van der Waals surface area contributed by atoms with Gasteiger partial charge in [0.05, 0.1) is 12.2 Å². The molecule has 0 saturated carbocycles. The minimum atomic E-state index is 0.511. The van der Waals surface area contributed by atoms with Gasteiger partial charge in [0.15, 0.2) is 5.96 Å². The third-order valence-electron chi connectivity index (χ3n) is 3.41. The number of halogens is 1. The lowest BCUT2D eigenvalue weighted by Gasteiger charge is -2.14. The summed E-state index contributed by atoms with van der Waals surface area (Å²) in [4.78, 5) is 14.9. The summed E-state index contributed by atoms with van der Waals surface area (Å²) in [6.07, 6.45) is 2.64. The van der Waals surface area contributed by atoms with E-state index in [1.54, 1.807) is 19.3 Å². The molecule has 6 nitrogen and oxygen atoms in total. The molecule has 0 atom stereocenters. The summed E-state index contributed by atoms with van der Waals surface area (Å²) in [7, 11) is 5.71. The zero-order valence-corrected chi connectivity index (χ0v) is 15.0. The van der Waals surface area contributed by atoms with Crippen molar-refractivity contribution in [2.45, 2.75) is 13.0 Å². The van der Waals surface area contributed by atoms with Gasteiger partial charge in [0.2, 0.25) is 0 Å². The molecule has 0 saturated heterocycles. The van der Waals surface area contributed by atoms with E-state index in [0.29, 0.717) is 11.7 Å². The second kappa shape index (κ2) is 9.08. The summed E-state index contributed by atoms with van der Waals surface area (Å²) < 4.78 is 0. The van der Waals surface area contributed by atoms with Gasteiger partial charge in [-0.15, -0.1) is 0 Å². The van der Waals surface area contributed by atoms with Crippen molar-refractivity contribution in [3.05, 3.63) is 52.9 Å². The maximum absolute atomic E-state index is 5.78. The number of nitrogens with zero attached hydrogens (tertiary/aromatic N) is 4. The van der Waals surface area contributed by atoms with Crippen LogP contribution in [-0.2, 0) is 13.0 Å². The van der Waals surface area contributed by atoms with Crippen LogP contribution < -0.4 is 15.5 Å².